The van der Waals surface area contributed by atoms with Crippen LogP contribution in [0.3, 0.4) is 0 Å². The van der Waals surface area contributed by atoms with Crippen molar-refractivity contribution in [2.24, 2.45) is 46.3 Å². The quantitative estimate of drug-likeness (QED) is 0.101. The van der Waals surface area contributed by atoms with Gasteiger partial charge in [-0.15, -0.1) is 0 Å². The number of aliphatic hydroxyl groups is 10. The average Bonchev–Trinajstić information content (AvgIpc) is 3.69. The Morgan fingerprint density at radius 2 is 1.39 bits per heavy atom. The van der Waals surface area contributed by atoms with E-state index in [2.05, 4.69) is 27.4 Å². The Kier molecular flexibility index (Phi) is 12.9. The molecule has 9 rings (SSSR count). The monoisotopic (exact) mass is 886 g/mol. The zero-order valence-electron chi connectivity index (χ0n) is 35.9. The number of fused-ring (bicyclic) bond motifs is 7. The van der Waals surface area contributed by atoms with Crippen LogP contribution in [0.15, 0.2) is 12.2 Å². The molecule has 0 aromatic rings. The van der Waals surface area contributed by atoms with E-state index in [1.807, 2.05) is 0 Å². The molecule has 26 atom stereocenters. The molecule has 4 saturated carbocycles. The number of aliphatic hydroxyl groups excluding tert-OH is 10. The highest BCUT2D eigenvalue weighted by Crippen LogP contribution is 2.71. The van der Waals surface area contributed by atoms with Gasteiger partial charge in [-0.2, -0.15) is 0 Å². The van der Waals surface area contributed by atoms with Gasteiger partial charge in [0, 0.05) is 12.3 Å². The van der Waals surface area contributed by atoms with Gasteiger partial charge in [0.15, 0.2) is 24.7 Å². The second-order valence-electron chi connectivity index (χ2n) is 20.8. The highest BCUT2D eigenvalue weighted by atomic mass is 16.8. The molecule has 9 aliphatic rings. The van der Waals surface area contributed by atoms with Crippen LogP contribution < -0.4 is 0 Å². The van der Waals surface area contributed by atoms with Gasteiger partial charge in [0.2, 0.25) is 0 Å². The highest BCUT2D eigenvalue weighted by Gasteiger charge is 2.69. The molecule has 0 amide bonds. The van der Waals surface area contributed by atoms with Gasteiger partial charge in [0.05, 0.1) is 44.7 Å². The van der Waals surface area contributed by atoms with Crippen LogP contribution in [0.5, 0.6) is 0 Å². The first-order valence-electron chi connectivity index (χ1n) is 23.0. The molecule has 18 heteroatoms. The summed E-state index contributed by atoms with van der Waals surface area (Å²) in [6, 6.07) is 0. The molecule has 0 bridgehead atoms. The molecule has 4 aliphatic carbocycles. The molecule has 5 saturated heterocycles. The van der Waals surface area contributed by atoms with Crippen LogP contribution in [-0.4, -0.2) is 188 Å². The average molecular weight is 887 g/mol. The molecular formula is C44H70O18. The van der Waals surface area contributed by atoms with Crippen molar-refractivity contribution in [2.75, 3.05) is 26.4 Å². The highest BCUT2D eigenvalue weighted by molar-refractivity contribution is 5.17. The van der Waals surface area contributed by atoms with Crippen molar-refractivity contribution in [3.63, 3.8) is 0 Å². The zero-order chi connectivity index (χ0) is 44.2. The number of ether oxygens (including phenoxy) is 8. The van der Waals surface area contributed by atoms with Crippen LogP contribution in [0, 0.1) is 46.3 Å². The molecule has 0 unspecified atom stereocenters. The maximum Gasteiger partial charge on any atom is 0.187 e. The van der Waals surface area contributed by atoms with Crippen LogP contribution >= 0.6 is 0 Å². The fourth-order valence-electron chi connectivity index (χ4n) is 14.3. The Balaban J connectivity index is 0.936. The van der Waals surface area contributed by atoms with Crippen molar-refractivity contribution >= 4 is 0 Å². The van der Waals surface area contributed by atoms with Crippen LogP contribution in [0.25, 0.3) is 0 Å². The third kappa shape index (κ3) is 7.48. The SMILES string of the molecule is C=C1CC[C@@]2(OC1)O[C@H]1C[C@H]3[C@@H]4CC[C@@H]5C[C@@H](O[C@@H]6O[C@H](CO)[C@H](O)[C@H](O[C@@H]7OC[C@@H](O)[C@H](O)[C@H]7O)[C@H]6O[C@@H]6O[C@H](CO)[C@@H](O)[C@H](O)[C@H]6O)[C@@H](O)C[C@]5(C)[C@H]4CC[C@]3(C)[C@H]1[C@@H]2C. The van der Waals surface area contributed by atoms with Crippen LogP contribution in [0.4, 0.5) is 0 Å². The van der Waals surface area contributed by atoms with Crippen molar-refractivity contribution in [2.45, 2.75) is 189 Å². The molecule has 0 radical (unpaired) electrons. The number of hydrogen-bond acceptors (Lipinski definition) is 18. The molecule has 18 nitrogen and oxygen atoms in total. The van der Waals surface area contributed by atoms with Gasteiger partial charge in [-0.25, -0.2) is 0 Å². The van der Waals surface area contributed by atoms with Gasteiger partial charge >= 0.3 is 0 Å². The topological polar surface area (TPSA) is 276 Å². The molecular weight excluding hydrogens is 816 g/mol. The first kappa shape index (κ1) is 46.1. The molecule has 0 aromatic heterocycles. The Morgan fingerprint density at radius 3 is 2.10 bits per heavy atom. The summed E-state index contributed by atoms with van der Waals surface area (Å²) in [6.07, 6.45) is -16.7. The maximum atomic E-state index is 12.1. The second-order valence-corrected chi connectivity index (χ2v) is 20.8. The smallest absolute Gasteiger partial charge is 0.187 e. The summed E-state index contributed by atoms with van der Waals surface area (Å²) < 4.78 is 49.5. The van der Waals surface area contributed by atoms with Gasteiger partial charge in [0.25, 0.3) is 0 Å². The molecule has 5 heterocycles. The van der Waals surface area contributed by atoms with E-state index in [1.54, 1.807) is 0 Å². The van der Waals surface area contributed by atoms with E-state index in [0.29, 0.717) is 43.1 Å². The van der Waals surface area contributed by atoms with Crippen molar-refractivity contribution in [3.8, 4) is 0 Å². The summed E-state index contributed by atoms with van der Waals surface area (Å²) in [5.41, 5.74) is 1.04. The minimum Gasteiger partial charge on any atom is -0.394 e. The number of rotatable bonds is 8. The van der Waals surface area contributed by atoms with Gasteiger partial charge in [-0.1, -0.05) is 32.9 Å². The minimum atomic E-state index is -1.87. The van der Waals surface area contributed by atoms with E-state index < -0.39 is 124 Å². The standard InChI is InChI=1S/C44H70O18/c1-18-7-10-44(56-16-18)19(2)30-27(62-44)12-23-21-6-5-20-11-26(24(47)13-43(20,4)22(21)8-9-42(23,30)3)57-41-38(61-40-36(54)34(52)32(50)28(14-45)58-40)37(33(51)29(15-46)59-41)60-39-35(53)31(49)25(48)17-55-39/h19-41,45-54H,1,5-17H2,2-4H3/t19-,20+,21+,22-,23-,24-,25+,26+,27-,28+,29+,30-,31-,32+,33-,34-,35+,36+,37-,38+,39-,40-,41+,42-,43-,44+/m0/s1. The molecule has 9 fully saturated rings. The summed E-state index contributed by atoms with van der Waals surface area (Å²) in [5, 5.41) is 107. The van der Waals surface area contributed by atoms with Crippen LogP contribution in [0.2, 0.25) is 0 Å². The van der Waals surface area contributed by atoms with Gasteiger partial charge in [0.1, 0.15) is 67.1 Å². The van der Waals surface area contributed by atoms with Crippen molar-refractivity contribution < 1.29 is 89.0 Å². The van der Waals surface area contributed by atoms with Crippen molar-refractivity contribution in [1.82, 2.24) is 0 Å². The predicted molar refractivity (Wildman–Crippen MR) is 211 cm³/mol. The lowest BCUT2D eigenvalue weighted by Crippen LogP contribution is -2.67. The van der Waals surface area contributed by atoms with E-state index >= 15 is 0 Å². The zero-order valence-corrected chi connectivity index (χ0v) is 35.9. The number of hydrogen-bond donors (Lipinski definition) is 10. The third-order valence-electron chi connectivity index (χ3n) is 17.7. The summed E-state index contributed by atoms with van der Waals surface area (Å²) >= 11 is 0. The molecule has 5 aliphatic heterocycles. The van der Waals surface area contributed by atoms with Crippen LogP contribution in [-0.2, 0) is 37.9 Å². The summed E-state index contributed by atoms with van der Waals surface area (Å²) in [6.45, 7) is 9.91. The summed E-state index contributed by atoms with van der Waals surface area (Å²) in [7, 11) is 0. The van der Waals surface area contributed by atoms with Crippen molar-refractivity contribution in [1.29, 1.82) is 0 Å². The molecule has 10 N–H and O–H groups in total. The summed E-state index contributed by atoms with van der Waals surface area (Å²) in [5.74, 6) is 1.67. The molecule has 354 valence electrons. The summed E-state index contributed by atoms with van der Waals surface area (Å²) in [4.78, 5) is 0. The lowest BCUT2D eigenvalue weighted by atomic mass is 9.44. The predicted octanol–water partition coefficient (Wildman–Crippen LogP) is -1.20. The lowest BCUT2D eigenvalue weighted by molar-refractivity contribution is -0.394. The van der Waals surface area contributed by atoms with Gasteiger partial charge in [-0.3, -0.25) is 0 Å². The largest absolute Gasteiger partial charge is 0.394 e. The Hall–Kier alpha value is -0.980. The maximum absolute atomic E-state index is 12.1. The first-order valence-corrected chi connectivity index (χ1v) is 23.0. The fraction of sp³-hybridized carbons (Fsp3) is 0.955. The minimum absolute atomic E-state index is 0.117. The molecule has 1 spiro atoms. The van der Waals surface area contributed by atoms with E-state index in [9.17, 15) is 51.1 Å². The van der Waals surface area contributed by atoms with E-state index in [-0.39, 0.29) is 28.8 Å². The van der Waals surface area contributed by atoms with E-state index in [4.69, 9.17) is 37.9 Å². The Labute approximate surface area is 362 Å². The fourth-order valence-corrected chi connectivity index (χ4v) is 14.3. The molecule has 62 heavy (non-hydrogen) atoms. The lowest BCUT2D eigenvalue weighted by Gasteiger charge is -2.62. The normalized spacial score (nSPS) is 57.8. The van der Waals surface area contributed by atoms with Gasteiger partial charge in [-0.05, 0) is 91.8 Å². The third-order valence-corrected chi connectivity index (χ3v) is 17.7. The van der Waals surface area contributed by atoms with E-state index in [0.717, 1.165) is 50.5 Å². The van der Waals surface area contributed by atoms with Gasteiger partial charge < -0.3 is 89.0 Å². The van der Waals surface area contributed by atoms with Crippen molar-refractivity contribution in [3.05, 3.63) is 12.2 Å². The Bertz CT molecular complexity index is 1590. The Morgan fingerprint density at radius 1 is 0.694 bits per heavy atom. The van der Waals surface area contributed by atoms with Crippen LogP contribution in [0.1, 0.15) is 78.6 Å². The molecule has 0 aromatic carbocycles. The first-order chi connectivity index (χ1) is 29.4. The second kappa shape index (κ2) is 17.3. The van der Waals surface area contributed by atoms with E-state index in [1.165, 1.54) is 0 Å².